The summed E-state index contributed by atoms with van der Waals surface area (Å²) >= 11 is 0. The molecule has 196 valence electrons. The molecule has 12 nitrogen and oxygen atoms in total. The number of benzene rings is 2. The molecule has 0 spiro atoms. The molecular weight excluding hydrogens is 504 g/mol. The molecule has 1 amide bonds. The van der Waals surface area contributed by atoms with Gasteiger partial charge in [-0.25, -0.2) is 8.42 Å². The van der Waals surface area contributed by atoms with E-state index in [4.69, 9.17) is 23.0 Å². The second kappa shape index (κ2) is 11.5. The fourth-order valence-corrected chi connectivity index (χ4v) is 4.92. The van der Waals surface area contributed by atoms with Gasteiger partial charge in [0.1, 0.15) is 0 Å². The number of para-hydroxylation sites is 1. The summed E-state index contributed by atoms with van der Waals surface area (Å²) in [6.45, 7) is 0.804. The fraction of sp³-hybridized carbons (Fsp3) is 0.292. The molecule has 2 heterocycles. The first-order chi connectivity index (χ1) is 17.9. The second-order valence-electron chi connectivity index (χ2n) is 7.77. The summed E-state index contributed by atoms with van der Waals surface area (Å²) in [4.78, 5) is 12.7. The first-order valence-corrected chi connectivity index (χ1v) is 12.6. The molecule has 2 aromatic carbocycles. The highest BCUT2D eigenvalue weighted by Crippen LogP contribution is 2.33. The molecule has 0 fully saturated rings. The Kier molecular flexibility index (Phi) is 8.18. The molecule has 0 bridgehead atoms. The average Bonchev–Trinajstić information content (AvgIpc) is 3.55. The summed E-state index contributed by atoms with van der Waals surface area (Å²) in [5.41, 5.74) is 0.731. The van der Waals surface area contributed by atoms with Crippen LogP contribution >= 0.6 is 0 Å². The third-order valence-electron chi connectivity index (χ3n) is 5.43. The van der Waals surface area contributed by atoms with Crippen molar-refractivity contribution in [2.24, 2.45) is 0 Å². The number of amides is 1. The van der Waals surface area contributed by atoms with E-state index in [9.17, 15) is 13.2 Å². The molecule has 0 saturated carbocycles. The number of hydrogen-bond acceptors (Lipinski definition) is 10. The minimum atomic E-state index is -3.81. The van der Waals surface area contributed by atoms with Gasteiger partial charge < -0.3 is 23.0 Å². The van der Waals surface area contributed by atoms with Crippen LogP contribution in [0.1, 0.15) is 10.4 Å². The Labute approximate surface area is 213 Å². The molecular formula is C24H26N4O8S. The monoisotopic (exact) mass is 530 g/mol. The molecule has 0 aliphatic heterocycles. The van der Waals surface area contributed by atoms with E-state index in [1.165, 1.54) is 49.9 Å². The van der Waals surface area contributed by atoms with Crippen LogP contribution in [0.5, 0.6) is 5.75 Å². The van der Waals surface area contributed by atoms with Gasteiger partial charge in [-0.1, -0.05) is 17.2 Å². The number of hydrogen-bond donors (Lipinski definition) is 1. The SMILES string of the molecule is COCCN(CCOC)S(=O)(=O)c1ccc(C(=O)Nc2nnc(-c3cc4cccc(OC)c4o3)o2)cc1. The average molecular weight is 531 g/mol. The Morgan fingerprint density at radius 1 is 0.973 bits per heavy atom. The number of fused-ring (bicyclic) bond motifs is 1. The van der Waals surface area contributed by atoms with Crippen LogP contribution in [0.3, 0.4) is 0 Å². The molecule has 37 heavy (non-hydrogen) atoms. The number of nitrogens with zero attached hydrogens (tertiary/aromatic N) is 3. The number of methoxy groups -OCH3 is 3. The quantitative estimate of drug-likeness (QED) is 0.290. The molecule has 0 aliphatic rings. The van der Waals surface area contributed by atoms with Crippen molar-refractivity contribution in [2.45, 2.75) is 4.90 Å². The third kappa shape index (κ3) is 5.80. The molecule has 2 aromatic heterocycles. The summed E-state index contributed by atoms with van der Waals surface area (Å²) in [5, 5.41) is 11.1. The van der Waals surface area contributed by atoms with Crippen molar-refractivity contribution in [2.75, 3.05) is 52.9 Å². The van der Waals surface area contributed by atoms with E-state index in [1.54, 1.807) is 12.1 Å². The minimum absolute atomic E-state index is 0.0386. The zero-order chi connectivity index (χ0) is 26.4. The van der Waals surface area contributed by atoms with Crippen molar-refractivity contribution < 1.29 is 36.3 Å². The highest BCUT2D eigenvalue weighted by molar-refractivity contribution is 7.89. The minimum Gasteiger partial charge on any atom is -0.493 e. The van der Waals surface area contributed by atoms with Gasteiger partial charge in [0.25, 0.3) is 11.8 Å². The van der Waals surface area contributed by atoms with E-state index in [1.807, 2.05) is 12.1 Å². The lowest BCUT2D eigenvalue weighted by molar-refractivity contribution is 0.102. The molecule has 0 aliphatic carbocycles. The van der Waals surface area contributed by atoms with Crippen LogP contribution in [0.25, 0.3) is 22.6 Å². The van der Waals surface area contributed by atoms with Gasteiger partial charge in [-0.05, 0) is 36.4 Å². The van der Waals surface area contributed by atoms with E-state index in [0.717, 1.165) is 5.39 Å². The van der Waals surface area contributed by atoms with Gasteiger partial charge in [-0.2, -0.15) is 4.31 Å². The zero-order valence-corrected chi connectivity index (χ0v) is 21.3. The van der Waals surface area contributed by atoms with Crippen LogP contribution < -0.4 is 10.1 Å². The largest absolute Gasteiger partial charge is 0.493 e. The first kappa shape index (κ1) is 26.3. The zero-order valence-electron chi connectivity index (χ0n) is 20.5. The summed E-state index contributed by atoms with van der Waals surface area (Å²) in [5.74, 6) is 0.388. The van der Waals surface area contributed by atoms with Gasteiger partial charge in [0.05, 0.1) is 25.2 Å². The van der Waals surface area contributed by atoms with Crippen molar-refractivity contribution in [3.05, 3.63) is 54.1 Å². The Balaban J connectivity index is 1.46. The molecule has 0 atom stereocenters. The third-order valence-corrected chi connectivity index (χ3v) is 7.34. The maximum absolute atomic E-state index is 13.0. The number of rotatable bonds is 12. The Morgan fingerprint density at radius 3 is 2.32 bits per heavy atom. The van der Waals surface area contributed by atoms with Crippen molar-refractivity contribution >= 4 is 32.9 Å². The molecule has 0 unspecified atom stereocenters. The lowest BCUT2D eigenvalue weighted by atomic mass is 10.2. The number of ether oxygens (including phenoxy) is 3. The number of sulfonamides is 1. The lowest BCUT2D eigenvalue weighted by Gasteiger charge is -2.21. The summed E-state index contributed by atoms with van der Waals surface area (Å²) in [7, 11) is 0.720. The number of furan rings is 1. The topological polar surface area (TPSA) is 146 Å². The van der Waals surface area contributed by atoms with E-state index in [-0.39, 0.29) is 48.7 Å². The van der Waals surface area contributed by atoms with Gasteiger partial charge in [0.15, 0.2) is 17.1 Å². The highest BCUT2D eigenvalue weighted by Gasteiger charge is 2.24. The van der Waals surface area contributed by atoms with Crippen molar-refractivity contribution in [3.63, 3.8) is 0 Å². The van der Waals surface area contributed by atoms with Gasteiger partial charge in [-0.15, -0.1) is 5.10 Å². The van der Waals surface area contributed by atoms with Crippen LogP contribution in [-0.4, -0.2) is 76.5 Å². The van der Waals surface area contributed by atoms with E-state index >= 15 is 0 Å². The maximum atomic E-state index is 13.0. The number of anilines is 1. The second-order valence-corrected chi connectivity index (χ2v) is 9.71. The summed E-state index contributed by atoms with van der Waals surface area (Å²) in [6, 6.07) is 12.5. The summed E-state index contributed by atoms with van der Waals surface area (Å²) < 4.78 is 53.9. The van der Waals surface area contributed by atoms with E-state index in [0.29, 0.717) is 17.1 Å². The van der Waals surface area contributed by atoms with E-state index in [2.05, 4.69) is 15.5 Å². The Hall–Kier alpha value is -3.78. The molecule has 1 N–H and O–H groups in total. The van der Waals surface area contributed by atoms with Crippen LogP contribution in [0.15, 0.2) is 62.3 Å². The van der Waals surface area contributed by atoms with Crippen molar-refractivity contribution in [1.82, 2.24) is 14.5 Å². The highest BCUT2D eigenvalue weighted by atomic mass is 32.2. The standard InChI is InChI=1S/C24H26N4O8S/c1-32-13-11-28(12-14-33-2)37(30,31)18-9-7-16(8-10-18)22(29)25-24-27-26-23(36-24)20-15-17-5-4-6-19(34-3)21(17)35-20/h4-10,15H,11-14H2,1-3H3,(H,25,27,29). The van der Waals surface area contributed by atoms with Crippen molar-refractivity contribution in [3.8, 4) is 17.4 Å². The molecule has 0 saturated heterocycles. The number of aromatic nitrogens is 2. The van der Waals surface area contributed by atoms with Gasteiger partial charge in [0.2, 0.25) is 10.0 Å². The fourth-order valence-electron chi connectivity index (χ4n) is 3.51. The predicted molar refractivity (Wildman–Crippen MR) is 133 cm³/mol. The summed E-state index contributed by atoms with van der Waals surface area (Å²) in [6.07, 6.45) is 0. The van der Waals surface area contributed by atoms with E-state index < -0.39 is 15.9 Å². The predicted octanol–water partition coefficient (Wildman–Crippen LogP) is 3.03. The van der Waals surface area contributed by atoms with Crippen LogP contribution in [0.2, 0.25) is 0 Å². The van der Waals surface area contributed by atoms with Gasteiger partial charge in [0, 0.05) is 38.3 Å². The number of carbonyl (C=O) groups excluding carboxylic acids is 1. The Bertz CT molecular complexity index is 1460. The lowest BCUT2D eigenvalue weighted by Crippen LogP contribution is -2.36. The van der Waals surface area contributed by atoms with Crippen molar-refractivity contribution in [1.29, 1.82) is 0 Å². The van der Waals surface area contributed by atoms with Gasteiger partial charge >= 0.3 is 6.01 Å². The van der Waals surface area contributed by atoms with Crippen LogP contribution in [0, 0.1) is 0 Å². The molecule has 0 radical (unpaired) electrons. The molecule has 13 heteroatoms. The first-order valence-electron chi connectivity index (χ1n) is 11.2. The molecule has 4 rings (SSSR count). The van der Waals surface area contributed by atoms with Crippen LogP contribution in [0.4, 0.5) is 6.01 Å². The normalized spacial score (nSPS) is 11.8. The Morgan fingerprint density at radius 2 is 1.68 bits per heavy atom. The maximum Gasteiger partial charge on any atom is 0.322 e. The number of nitrogens with one attached hydrogen (secondary N) is 1. The smallest absolute Gasteiger partial charge is 0.322 e. The van der Waals surface area contributed by atoms with Gasteiger partial charge in [-0.3, -0.25) is 10.1 Å². The number of carbonyl (C=O) groups is 1. The van der Waals surface area contributed by atoms with Crippen LogP contribution in [-0.2, 0) is 19.5 Å². The molecule has 4 aromatic rings.